The first-order valence-corrected chi connectivity index (χ1v) is 8.62. The second-order valence-electron chi connectivity index (χ2n) is 5.36. The molecule has 5 nitrogen and oxygen atoms in total. The van der Waals surface area contributed by atoms with Crippen molar-refractivity contribution in [2.75, 3.05) is 20.3 Å². The first kappa shape index (κ1) is 18.1. The number of hydrogen-bond donors (Lipinski definition) is 1. The van der Waals surface area contributed by atoms with Gasteiger partial charge in [-0.05, 0) is 19.4 Å². The normalized spacial score (nSPS) is 12.7. The van der Waals surface area contributed by atoms with Crippen LogP contribution < -0.4 is 5.32 Å². The standard InChI is InChI=1S/C18H22N4OS/c1-13-14(2)24-18(22-13)16(11-19)17(20-9-10-23-3)21-12-15-7-5-4-6-8-15/h4-8,16H,9-10,12H2,1-3H3,(H,20,21). The number of ether oxygens (including phenoxy) is 1. The van der Waals surface area contributed by atoms with Gasteiger partial charge in [-0.15, -0.1) is 11.3 Å². The Hall–Kier alpha value is -2.23. The van der Waals surface area contributed by atoms with Gasteiger partial charge in [0, 0.05) is 18.5 Å². The first-order chi connectivity index (χ1) is 11.7. The number of rotatable bonds is 7. The Morgan fingerprint density at radius 2 is 2.12 bits per heavy atom. The number of methoxy groups -OCH3 is 1. The van der Waals surface area contributed by atoms with Gasteiger partial charge < -0.3 is 10.1 Å². The second kappa shape index (κ2) is 9.16. The zero-order valence-electron chi connectivity index (χ0n) is 14.2. The van der Waals surface area contributed by atoms with Crippen molar-refractivity contribution in [3.8, 4) is 6.07 Å². The summed E-state index contributed by atoms with van der Waals surface area (Å²) in [6.45, 7) is 5.66. The first-order valence-electron chi connectivity index (χ1n) is 7.80. The minimum atomic E-state index is -0.483. The van der Waals surface area contributed by atoms with E-state index in [9.17, 15) is 5.26 Å². The number of amidine groups is 1. The van der Waals surface area contributed by atoms with Crippen LogP contribution in [0.1, 0.15) is 27.1 Å². The molecule has 126 valence electrons. The molecule has 0 radical (unpaired) electrons. The lowest BCUT2D eigenvalue weighted by molar-refractivity contribution is 0.203. The van der Waals surface area contributed by atoms with Crippen molar-refractivity contribution in [2.24, 2.45) is 4.99 Å². The molecule has 0 aliphatic rings. The molecule has 1 aromatic heterocycles. The fourth-order valence-electron chi connectivity index (χ4n) is 2.14. The molecule has 24 heavy (non-hydrogen) atoms. The van der Waals surface area contributed by atoms with E-state index < -0.39 is 5.92 Å². The minimum Gasteiger partial charge on any atom is -0.383 e. The van der Waals surface area contributed by atoms with Gasteiger partial charge in [-0.3, -0.25) is 4.99 Å². The molecule has 1 unspecified atom stereocenters. The van der Waals surface area contributed by atoms with E-state index in [1.165, 1.54) is 0 Å². The van der Waals surface area contributed by atoms with Crippen LogP contribution in [0.2, 0.25) is 0 Å². The molecular weight excluding hydrogens is 320 g/mol. The van der Waals surface area contributed by atoms with Gasteiger partial charge in [0.25, 0.3) is 0 Å². The number of aromatic nitrogens is 1. The third-order valence-corrected chi connectivity index (χ3v) is 4.72. The maximum Gasteiger partial charge on any atom is 0.155 e. The predicted molar refractivity (Wildman–Crippen MR) is 97.4 cm³/mol. The molecule has 1 N–H and O–H groups in total. The number of aryl methyl sites for hydroxylation is 2. The summed E-state index contributed by atoms with van der Waals surface area (Å²) in [5.41, 5.74) is 2.07. The highest BCUT2D eigenvalue weighted by Gasteiger charge is 2.22. The van der Waals surface area contributed by atoms with Crippen LogP contribution in [0.15, 0.2) is 35.3 Å². The predicted octanol–water partition coefficient (Wildman–Crippen LogP) is 3.20. The molecule has 1 heterocycles. The van der Waals surface area contributed by atoms with E-state index >= 15 is 0 Å². The lowest BCUT2D eigenvalue weighted by Gasteiger charge is -2.13. The molecule has 0 spiro atoms. The number of nitrogens with one attached hydrogen (secondary N) is 1. The average Bonchev–Trinajstić information content (AvgIpc) is 2.92. The summed E-state index contributed by atoms with van der Waals surface area (Å²) in [7, 11) is 1.65. The van der Waals surface area contributed by atoms with Gasteiger partial charge in [-0.1, -0.05) is 30.3 Å². The fourth-order valence-corrected chi connectivity index (χ4v) is 3.12. The van der Waals surface area contributed by atoms with Crippen molar-refractivity contribution in [3.05, 3.63) is 51.5 Å². The maximum atomic E-state index is 9.67. The highest BCUT2D eigenvalue weighted by atomic mass is 32.1. The van der Waals surface area contributed by atoms with E-state index in [1.54, 1.807) is 18.4 Å². The van der Waals surface area contributed by atoms with Gasteiger partial charge in [0.2, 0.25) is 0 Å². The third-order valence-electron chi connectivity index (χ3n) is 3.58. The summed E-state index contributed by atoms with van der Waals surface area (Å²) in [5.74, 6) is 0.162. The number of benzene rings is 1. The van der Waals surface area contributed by atoms with Gasteiger partial charge in [-0.25, -0.2) is 4.98 Å². The lowest BCUT2D eigenvalue weighted by Crippen LogP contribution is -2.32. The molecule has 0 aliphatic heterocycles. The minimum absolute atomic E-state index is 0.483. The molecule has 2 aromatic rings. The van der Waals surface area contributed by atoms with Crippen molar-refractivity contribution in [3.63, 3.8) is 0 Å². The van der Waals surface area contributed by atoms with Crippen molar-refractivity contribution in [1.82, 2.24) is 10.3 Å². The molecule has 0 saturated carbocycles. The molecule has 1 aromatic carbocycles. The molecule has 0 bridgehead atoms. The Bertz CT molecular complexity index is 699. The Morgan fingerprint density at radius 1 is 1.38 bits per heavy atom. The largest absolute Gasteiger partial charge is 0.383 e. The van der Waals surface area contributed by atoms with Crippen LogP contribution in [0, 0.1) is 25.2 Å². The number of aliphatic imine (C=N–C) groups is 1. The van der Waals surface area contributed by atoms with E-state index in [0.717, 1.165) is 21.1 Å². The zero-order valence-corrected chi connectivity index (χ0v) is 15.1. The zero-order chi connectivity index (χ0) is 17.4. The number of thiazole rings is 1. The van der Waals surface area contributed by atoms with Crippen molar-refractivity contribution >= 4 is 17.2 Å². The van der Waals surface area contributed by atoms with Crippen LogP contribution in [-0.4, -0.2) is 31.1 Å². The van der Waals surface area contributed by atoms with Crippen molar-refractivity contribution in [2.45, 2.75) is 26.3 Å². The maximum absolute atomic E-state index is 9.67. The van der Waals surface area contributed by atoms with Crippen LogP contribution in [0.4, 0.5) is 0 Å². The lowest BCUT2D eigenvalue weighted by atomic mass is 10.1. The Morgan fingerprint density at radius 3 is 2.71 bits per heavy atom. The molecule has 6 heteroatoms. The van der Waals surface area contributed by atoms with Crippen molar-refractivity contribution < 1.29 is 4.74 Å². The summed E-state index contributed by atoms with van der Waals surface area (Å²) in [6, 6.07) is 12.3. The van der Waals surface area contributed by atoms with Gasteiger partial charge in [0.1, 0.15) is 10.8 Å². The summed E-state index contributed by atoms with van der Waals surface area (Å²) >= 11 is 1.55. The van der Waals surface area contributed by atoms with Crippen LogP contribution >= 0.6 is 11.3 Å². The van der Waals surface area contributed by atoms with Crippen LogP contribution in [0.25, 0.3) is 0 Å². The summed E-state index contributed by atoms with van der Waals surface area (Å²) in [4.78, 5) is 10.3. The summed E-state index contributed by atoms with van der Waals surface area (Å²) < 4.78 is 5.08. The van der Waals surface area contributed by atoms with Crippen LogP contribution in [0.5, 0.6) is 0 Å². The summed E-state index contributed by atoms with van der Waals surface area (Å²) in [5, 5.41) is 13.7. The molecule has 1 atom stereocenters. The molecule has 2 rings (SSSR count). The number of nitriles is 1. The van der Waals surface area contributed by atoms with Gasteiger partial charge in [-0.2, -0.15) is 5.26 Å². The third kappa shape index (κ3) is 4.88. The van der Waals surface area contributed by atoms with Crippen LogP contribution in [0.3, 0.4) is 0 Å². The highest BCUT2D eigenvalue weighted by molar-refractivity contribution is 7.11. The van der Waals surface area contributed by atoms with Crippen LogP contribution in [-0.2, 0) is 11.3 Å². The number of nitrogens with zero attached hydrogens (tertiary/aromatic N) is 3. The Kier molecular flexibility index (Phi) is 6.91. The Labute approximate surface area is 147 Å². The van der Waals surface area contributed by atoms with E-state index in [4.69, 9.17) is 4.74 Å². The topological polar surface area (TPSA) is 70.3 Å². The number of hydrogen-bond acceptors (Lipinski definition) is 5. The van der Waals surface area contributed by atoms with E-state index in [0.29, 0.717) is 25.5 Å². The van der Waals surface area contributed by atoms with E-state index in [2.05, 4.69) is 21.4 Å². The average molecular weight is 342 g/mol. The summed E-state index contributed by atoms with van der Waals surface area (Å²) in [6.07, 6.45) is 0. The van der Waals surface area contributed by atoms with Gasteiger partial charge in [0.05, 0.1) is 24.9 Å². The van der Waals surface area contributed by atoms with Crippen molar-refractivity contribution in [1.29, 1.82) is 5.26 Å². The second-order valence-corrected chi connectivity index (χ2v) is 6.60. The molecule has 0 amide bonds. The highest BCUT2D eigenvalue weighted by Crippen LogP contribution is 2.25. The molecule has 0 saturated heterocycles. The fraction of sp³-hybridized carbons (Fsp3) is 0.389. The molecule has 0 aliphatic carbocycles. The van der Waals surface area contributed by atoms with Gasteiger partial charge in [0.15, 0.2) is 5.92 Å². The molecule has 0 fully saturated rings. The molecular formula is C18H22N4OS. The SMILES string of the molecule is COCCNC(=NCc1ccccc1)C(C#N)c1nc(C)c(C)s1. The van der Waals surface area contributed by atoms with Gasteiger partial charge >= 0.3 is 0 Å². The van der Waals surface area contributed by atoms with E-state index in [-0.39, 0.29) is 0 Å². The smallest absolute Gasteiger partial charge is 0.155 e. The monoisotopic (exact) mass is 342 g/mol. The Balaban J connectivity index is 2.24. The van der Waals surface area contributed by atoms with E-state index in [1.807, 2.05) is 44.2 Å². The quantitative estimate of drug-likeness (QED) is 0.476.